The highest BCUT2D eigenvalue weighted by molar-refractivity contribution is 5.72. The number of nitrogens with zero attached hydrogens (tertiary/aromatic N) is 3. The van der Waals surface area contributed by atoms with Crippen LogP contribution >= 0.6 is 0 Å². The first-order chi connectivity index (χ1) is 6.27. The molecule has 0 saturated heterocycles. The number of aliphatic hydroxyl groups is 1. The van der Waals surface area contributed by atoms with Crippen molar-refractivity contribution in [3.05, 3.63) is 30.4 Å². The first kappa shape index (κ1) is 8.07. The summed E-state index contributed by atoms with van der Waals surface area (Å²) in [5.74, 6) is 0. The van der Waals surface area contributed by atoms with E-state index in [0.717, 1.165) is 5.52 Å². The smallest absolute Gasteiger partial charge is 0.107 e. The quantitative estimate of drug-likeness (QED) is 0.704. The Kier molecular flexibility index (Phi) is 1.90. The zero-order valence-corrected chi connectivity index (χ0v) is 7.18. The Morgan fingerprint density at radius 3 is 2.92 bits per heavy atom. The highest BCUT2D eigenvalue weighted by Gasteiger charge is 2.03. The monoisotopic (exact) mass is 175 g/mol. The van der Waals surface area contributed by atoms with E-state index in [4.69, 9.17) is 0 Å². The lowest BCUT2D eigenvalue weighted by molar-refractivity contribution is 0.194. The molecule has 0 aromatic carbocycles. The van der Waals surface area contributed by atoms with Crippen molar-refractivity contribution in [3.8, 4) is 0 Å². The van der Waals surface area contributed by atoms with Crippen LogP contribution in [0, 0.1) is 0 Å². The van der Waals surface area contributed by atoms with Crippen LogP contribution in [-0.4, -0.2) is 20.1 Å². The average molecular weight is 175 g/mol. The minimum Gasteiger partial charge on any atom is -0.387 e. The van der Waals surface area contributed by atoms with Crippen LogP contribution < -0.4 is 0 Å². The van der Waals surface area contributed by atoms with Gasteiger partial charge in [0.15, 0.2) is 0 Å². The van der Waals surface area contributed by atoms with Crippen LogP contribution in [0.5, 0.6) is 0 Å². The fourth-order valence-electron chi connectivity index (χ4n) is 1.08. The van der Waals surface area contributed by atoms with Gasteiger partial charge in [0.2, 0.25) is 0 Å². The second kappa shape index (κ2) is 3.06. The van der Waals surface area contributed by atoms with Crippen LogP contribution in [0.15, 0.2) is 24.7 Å². The summed E-state index contributed by atoms with van der Waals surface area (Å²) in [6, 6.07) is 1.79. The summed E-state index contributed by atoms with van der Waals surface area (Å²) in [5.41, 5.74) is 2.07. The SMILES string of the molecule is CC(O)c1cnc2ccncc2n1. The summed E-state index contributed by atoms with van der Waals surface area (Å²) in [5, 5.41) is 9.26. The molecule has 0 aliphatic carbocycles. The number of fused-ring (bicyclic) bond motifs is 1. The van der Waals surface area contributed by atoms with Crippen LogP contribution in [0.2, 0.25) is 0 Å². The molecule has 13 heavy (non-hydrogen) atoms. The Morgan fingerprint density at radius 1 is 1.31 bits per heavy atom. The highest BCUT2D eigenvalue weighted by Crippen LogP contribution is 2.11. The van der Waals surface area contributed by atoms with Crippen LogP contribution in [0.1, 0.15) is 18.7 Å². The Balaban J connectivity index is 2.62. The van der Waals surface area contributed by atoms with Gasteiger partial charge in [-0.05, 0) is 13.0 Å². The number of aliphatic hydroxyl groups excluding tert-OH is 1. The van der Waals surface area contributed by atoms with Gasteiger partial charge in [-0.25, -0.2) is 4.98 Å². The maximum Gasteiger partial charge on any atom is 0.107 e. The molecular formula is C9H9N3O. The number of hydrogen-bond donors (Lipinski definition) is 1. The molecule has 1 atom stereocenters. The minimum absolute atomic E-state index is 0.570. The van der Waals surface area contributed by atoms with E-state index in [9.17, 15) is 5.11 Å². The maximum absolute atomic E-state index is 9.26. The van der Waals surface area contributed by atoms with Crippen molar-refractivity contribution in [1.82, 2.24) is 15.0 Å². The number of hydrogen-bond acceptors (Lipinski definition) is 4. The Bertz CT molecular complexity index is 428. The van der Waals surface area contributed by atoms with Gasteiger partial charge in [-0.2, -0.15) is 0 Å². The molecule has 2 aromatic rings. The van der Waals surface area contributed by atoms with Gasteiger partial charge in [-0.3, -0.25) is 9.97 Å². The molecule has 0 radical (unpaired) electrons. The first-order valence-corrected chi connectivity index (χ1v) is 4.02. The lowest BCUT2D eigenvalue weighted by Gasteiger charge is -2.03. The van der Waals surface area contributed by atoms with E-state index in [1.54, 1.807) is 31.6 Å². The number of pyridine rings is 1. The largest absolute Gasteiger partial charge is 0.387 e. The van der Waals surface area contributed by atoms with Crippen molar-refractivity contribution >= 4 is 11.0 Å². The van der Waals surface area contributed by atoms with Gasteiger partial charge in [0.25, 0.3) is 0 Å². The molecule has 1 unspecified atom stereocenters. The Morgan fingerprint density at radius 2 is 2.15 bits per heavy atom. The molecule has 2 aromatic heterocycles. The normalized spacial score (nSPS) is 13.1. The summed E-state index contributed by atoms with van der Waals surface area (Å²) >= 11 is 0. The zero-order valence-electron chi connectivity index (χ0n) is 7.18. The summed E-state index contributed by atoms with van der Waals surface area (Å²) < 4.78 is 0. The number of aromatic nitrogens is 3. The van der Waals surface area contributed by atoms with Crippen LogP contribution in [-0.2, 0) is 0 Å². The lowest BCUT2D eigenvalue weighted by Crippen LogP contribution is -1.97. The van der Waals surface area contributed by atoms with Crippen molar-refractivity contribution in [2.24, 2.45) is 0 Å². The third kappa shape index (κ3) is 1.48. The molecule has 66 valence electrons. The predicted molar refractivity (Wildman–Crippen MR) is 48.0 cm³/mol. The fourth-order valence-corrected chi connectivity index (χ4v) is 1.08. The summed E-state index contributed by atoms with van der Waals surface area (Å²) in [6.07, 6.45) is 4.29. The molecule has 0 saturated carbocycles. The number of rotatable bonds is 1. The van der Waals surface area contributed by atoms with E-state index in [0.29, 0.717) is 11.2 Å². The summed E-state index contributed by atoms with van der Waals surface area (Å²) in [7, 11) is 0. The molecule has 0 bridgehead atoms. The van der Waals surface area contributed by atoms with Crippen molar-refractivity contribution in [1.29, 1.82) is 0 Å². The second-order valence-corrected chi connectivity index (χ2v) is 2.84. The molecule has 0 aliphatic heterocycles. The second-order valence-electron chi connectivity index (χ2n) is 2.84. The van der Waals surface area contributed by atoms with Crippen molar-refractivity contribution in [2.75, 3.05) is 0 Å². The topological polar surface area (TPSA) is 58.9 Å². The molecule has 2 rings (SSSR count). The molecule has 1 N–H and O–H groups in total. The average Bonchev–Trinajstić information content (AvgIpc) is 2.17. The Hall–Kier alpha value is -1.55. The third-order valence-corrected chi connectivity index (χ3v) is 1.79. The molecule has 0 fully saturated rings. The molecular weight excluding hydrogens is 166 g/mol. The van der Waals surface area contributed by atoms with E-state index >= 15 is 0 Å². The van der Waals surface area contributed by atoms with Crippen LogP contribution in [0.3, 0.4) is 0 Å². The standard InChI is InChI=1S/C9H9N3O/c1-6(13)8-5-11-7-2-3-10-4-9(7)12-8/h2-6,13H,1H3. The highest BCUT2D eigenvalue weighted by atomic mass is 16.3. The van der Waals surface area contributed by atoms with Gasteiger partial charge in [0.05, 0.1) is 29.7 Å². The van der Waals surface area contributed by atoms with Crippen LogP contribution in [0.4, 0.5) is 0 Å². The maximum atomic E-state index is 9.26. The van der Waals surface area contributed by atoms with Crippen LogP contribution in [0.25, 0.3) is 11.0 Å². The van der Waals surface area contributed by atoms with E-state index in [1.807, 2.05) is 0 Å². The molecule has 0 aliphatic rings. The van der Waals surface area contributed by atoms with Gasteiger partial charge in [0, 0.05) is 6.20 Å². The van der Waals surface area contributed by atoms with Gasteiger partial charge in [-0.1, -0.05) is 0 Å². The van der Waals surface area contributed by atoms with Crippen molar-refractivity contribution < 1.29 is 5.11 Å². The molecule has 2 heterocycles. The van der Waals surface area contributed by atoms with Gasteiger partial charge >= 0.3 is 0 Å². The van der Waals surface area contributed by atoms with Gasteiger partial charge in [-0.15, -0.1) is 0 Å². The Labute approximate surface area is 75.3 Å². The minimum atomic E-state index is -0.586. The van der Waals surface area contributed by atoms with E-state index in [1.165, 1.54) is 0 Å². The molecule has 0 amide bonds. The summed E-state index contributed by atoms with van der Waals surface area (Å²) in [6.45, 7) is 1.66. The van der Waals surface area contributed by atoms with E-state index in [2.05, 4.69) is 15.0 Å². The molecule has 4 nitrogen and oxygen atoms in total. The van der Waals surface area contributed by atoms with E-state index < -0.39 is 6.10 Å². The fraction of sp³-hybridized carbons (Fsp3) is 0.222. The van der Waals surface area contributed by atoms with Gasteiger partial charge < -0.3 is 5.11 Å². The summed E-state index contributed by atoms with van der Waals surface area (Å²) in [4.78, 5) is 12.3. The molecule has 0 spiro atoms. The predicted octanol–water partition coefficient (Wildman–Crippen LogP) is 1.08. The van der Waals surface area contributed by atoms with Crippen molar-refractivity contribution in [3.63, 3.8) is 0 Å². The molecule has 4 heteroatoms. The zero-order chi connectivity index (χ0) is 9.26. The van der Waals surface area contributed by atoms with Crippen molar-refractivity contribution in [2.45, 2.75) is 13.0 Å². The van der Waals surface area contributed by atoms with E-state index in [-0.39, 0.29) is 0 Å². The lowest BCUT2D eigenvalue weighted by atomic mass is 10.3. The van der Waals surface area contributed by atoms with Gasteiger partial charge in [0.1, 0.15) is 5.52 Å². The third-order valence-electron chi connectivity index (χ3n) is 1.79. The first-order valence-electron chi connectivity index (χ1n) is 4.02.